The molecule has 110 valence electrons. The largest absolute Gasteiger partial charge is 0.394 e. The van der Waals surface area contributed by atoms with Crippen LogP contribution in [0.1, 0.15) is 26.9 Å². The van der Waals surface area contributed by atoms with Gasteiger partial charge in [-0.3, -0.25) is 4.79 Å². The lowest BCUT2D eigenvalue weighted by molar-refractivity contribution is -0.134. The van der Waals surface area contributed by atoms with Crippen molar-refractivity contribution in [2.45, 2.75) is 25.8 Å². The molecule has 0 spiro atoms. The summed E-state index contributed by atoms with van der Waals surface area (Å²) in [6.07, 6.45) is 1.29. The average Bonchev–Trinajstić information content (AvgIpc) is 2.91. The molecule has 3 nitrogen and oxygen atoms in total. The van der Waals surface area contributed by atoms with Crippen molar-refractivity contribution in [3.8, 4) is 0 Å². The molecule has 0 saturated carbocycles. The van der Waals surface area contributed by atoms with Crippen LogP contribution < -0.4 is 0 Å². The molecule has 1 amide bonds. The SMILES string of the molecule is Cc1ccc(CC(=O)N2CCc3ccccc3C2CO)s1. The molecule has 1 aromatic heterocycles. The van der Waals surface area contributed by atoms with Crippen molar-refractivity contribution in [1.29, 1.82) is 0 Å². The van der Waals surface area contributed by atoms with E-state index in [-0.39, 0.29) is 18.6 Å². The van der Waals surface area contributed by atoms with Gasteiger partial charge in [-0.05, 0) is 36.6 Å². The summed E-state index contributed by atoms with van der Waals surface area (Å²) >= 11 is 1.66. The van der Waals surface area contributed by atoms with E-state index in [1.807, 2.05) is 42.2 Å². The molecule has 1 aliphatic rings. The number of aliphatic hydroxyl groups is 1. The summed E-state index contributed by atoms with van der Waals surface area (Å²) in [5.41, 5.74) is 2.33. The van der Waals surface area contributed by atoms with Gasteiger partial charge in [0.2, 0.25) is 5.91 Å². The Morgan fingerprint density at radius 3 is 2.86 bits per heavy atom. The summed E-state index contributed by atoms with van der Waals surface area (Å²) in [6, 6.07) is 11.9. The van der Waals surface area contributed by atoms with Crippen LogP contribution in [0, 0.1) is 6.92 Å². The van der Waals surface area contributed by atoms with Crippen LogP contribution in [0.5, 0.6) is 0 Å². The highest BCUT2D eigenvalue weighted by molar-refractivity contribution is 7.12. The molecule has 2 aromatic rings. The quantitative estimate of drug-likeness (QED) is 0.947. The van der Waals surface area contributed by atoms with Crippen LogP contribution in [-0.4, -0.2) is 29.1 Å². The Balaban J connectivity index is 1.80. The van der Waals surface area contributed by atoms with Crippen molar-refractivity contribution in [1.82, 2.24) is 4.90 Å². The summed E-state index contributed by atoms with van der Waals surface area (Å²) < 4.78 is 0. The van der Waals surface area contributed by atoms with Crippen LogP contribution in [0.4, 0.5) is 0 Å². The fourth-order valence-electron chi connectivity index (χ4n) is 2.98. The van der Waals surface area contributed by atoms with Gasteiger partial charge in [0.15, 0.2) is 0 Å². The minimum Gasteiger partial charge on any atom is -0.394 e. The Bertz CT molecular complexity index is 650. The molecule has 0 radical (unpaired) electrons. The van der Waals surface area contributed by atoms with Gasteiger partial charge in [-0.2, -0.15) is 0 Å². The molecule has 0 bridgehead atoms. The Morgan fingerprint density at radius 2 is 2.14 bits per heavy atom. The molecule has 21 heavy (non-hydrogen) atoms. The predicted octanol–water partition coefficient (Wildman–Crippen LogP) is 2.72. The number of nitrogens with zero attached hydrogens (tertiary/aromatic N) is 1. The Kier molecular flexibility index (Phi) is 4.08. The van der Waals surface area contributed by atoms with E-state index in [0.29, 0.717) is 13.0 Å². The average molecular weight is 301 g/mol. The van der Waals surface area contributed by atoms with E-state index in [4.69, 9.17) is 0 Å². The van der Waals surface area contributed by atoms with E-state index in [2.05, 4.69) is 6.07 Å². The molecule has 1 atom stereocenters. The standard InChI is InChI=1S/C17H19NO2S/c1-12-6-7-14(21-12)10-17(20)18-9-8-13-4-2-3-5-15(13)16(18)11-19/h2-7,16,19H,8-11H2,1H3. The maximum Gasteiger partial charge on any atom is 0.228 e. The van der Waals surface area contributed by atoms with Crippen molar-refractivity contribution < 1.29 is 9.90 Å². The Hall–Kier alpha value is -1.65. The van der Waals surface area contributed by atoms with E-state index < -0.39 is 0 Å². The molecule has 0 fully saturated rings. The monoisotopic (exact) mass is 301 g/mol. The van der Waals surface area contributed by atoms with Crippen LogP contribution in [0.25, 0.3) is 0 Å². The first-order valence-corrected chi connectivity index (χ1v) is 8.04. The number of aryl methyl sites for hydroxylation is 1. The number of fused-ring (bicyclic) bond motifs is 1. The highest BCUT2D eigenvalue weighted by atomic mass is 32.1. The Labute approximate surface area is 128 Å². The van der Waals surface area contributed by atoms with Crippen LogP contribution in [0.2, 0.25) is 0 Å². The third-order valence-electron chi connectivity index (χ3n) is 4.03. The zero-order valence-corrected chi connectivity index (χ0v) is 12.9. The Morgan fingerprint density at radius 1 is 1.33 bits per heavy atom. The van der Waals surface area contributed by atoms with Gasteiger partial charge < -0.3 is 10.0 Å². The van der Waals surface area contributed by atoms with Crippen molar-refractivity contribution >= 4 is 17.2 Å². The number of benzene rings is 1. The zero-order chi connectivity index (χ0) is 14.8. The second-order valence-electron chi connectivity index (χ2n) is 5.42. The highest BCUT2D eigenvalue weighted by Crippen LogP contribution is 2.30. The minimum atomic E-state index is -0.205. The number of carbonyl (C=O) groups excluding carboxylic acids is 1. The van der Waals surface area contributed by atoms with Gasteiger partial charge in [0.05, 0.1) is 19.1 Å². The van der Waals surface area contributed by atoms with E-state index in [0.717, 1.165) is 16.9 Å². The van der Waals surface area contributed by atoms with E-state index in [9.17, 15) is 9.90 Å². The first-order chi connectivity index (χ1) is 10.2. The van der Waals surface area contributed by atoms with Crippen LogP contribution in [0.3, 0.4) is 0 Å². The van der Waals surface area contributed by atoms with Gasteiger partial charge in [-0.15, -0.1) is 11.3 Å². The van der Waals surface area contributed by atoms with E-state index in [1.54, 1.807) is 11.3 Å². The molecule has 0 saturated heterocycles. The second kappa shape index (κ2) is 6.00. The lowest BCUT2D eigenvalue weighted by atomic mass is 9.92. The van der Waals surface area contributed by atoms with Gasteiger partial charge in [0.25, 0.3) is 0 Å². The van der Waals surface area contributed by atoms with E-state index >= 15 is 0 Å². The fraction of sp³-hybridized carbons (Fsp3) is 0.353. The summed E-state index contributed by atoms with van der Waals surface area (Å²) in [5.74, 6) is 0.102. The van der Waals surface area contributed by atoms with Crippen molar-refractivity contribution in [2.24, 2.45) is 0 Å². The molecule has 1 aliphatic heterocycles. The first-order valence-electron chi connectivity index (χ1n) is 7.22. The van der Waals surface area contributed by atoms with Crippen LogP contribution in [0.15, 0.2) is 36.4 Å². The lowest BCUT2D eigenvalue weighted by Crippen LogP contribution is -2.42. The first kappa shape index (κ1) is 14.3. The third kappa shape index (κ3) is 2.87. The van der Waals surface area contributed by atoms with Gasteiger partial charge in [-0.25, -0.2) is 0 Å². The number of carbonyl (C=O) groups is 1. The molecule has 3 rings (SSSR count). The summed E-state index contributed by atoms with van der Waals surface area (Å²) in [5, 5.41) is 9.74. The van der Waals surface area contributed by atoms with Crippen LogP contribution >= 0.6 is 11.3 Å². The zero-order valence-electron chi connectivity index (χ0n) is 12.1. The smallest absolute Gasteiger partial charge is 0.228 e. The third-order valence-corrected chi connectivity index (χ3v) is 5.03. The maximum absolute atomic E-state index is 12.6. The number of hydrogen-bond donors (Lipinski definition) is 1. The van der Waals surface area contributed by atoms with E-state index in [1.165, 1.54) is 10.4 Å². The van der Waals surface area contributed by atoms with Crippen LogP contribution in [-0.2, 0) is 17.6 Å². The molecule has 0 aliphatic carbocycles. The van der Waals surface area contributed by atoms with Gasteiger partial charge in [-0.1, -0.05) is 24.3 Å². The summed E-state index contributed by atoms with van der Waals surface area (Å²) in [4.78, 5) is 16.7. The molecule has 1 N–H and O–H groups in total. The number of thiophene rings is 1. The highest BCUT2D eigenvalue weighted by Gasteiger charge is 2.29. The maximum atomic E-state index is 12.6. The molecule has 4 heteroatoms. The van der Waals surface area contributed by atoms with Gasteiger partial charge in [0.1, 0.15) is 0 Å². The molecular weight excluding hydrogens is 282 g/mol. The summed E-state index contributed by atoms with van der Waals surface area (Å²) in [6.45, 7) is 2.71. The number of hydrogen-bond acceptors (Lipinski definition) is 3. The van der Waals surface area contributed by atoms with Crippen molar-refractivity contribution in [2.75, 3.05) is 13.2 Å². The number of rotatable bonds is 3. The molecule has 1 aromatic carbocycles. The normalized spacial score (nSPS) is 17.6. The molecular formula is C17H19NO2S. The van der Waals surface area contributed by atoms with Gasteiger partial charge in [0, 0.05) is 16.3 Å². The predicted molar refractivity (Wildman–Crippen MR) is 84.4 cm³/mol. The van der Waals surface area contributed by atoms with Gasteiger partial charge >= 0.3 is 0 Å². The summed E-state index contributed by atoms with van der Waals surface area (Å²) in [7, 11) is 0. The minimum absolute atomic E-state index is 0.0216. The van der Waals surface area contributed by atoms with Crippen molar-refractivity contribution in [3.63, 3.8) is 0 Å². The second-order valence-corrected chi connectivity index (χ2v) is 6.80. The van der Waals surface area contributed by atoms with Crippen molar-refractivity contribution in [3.05, 3.63) is 57.3 Å². The molecule has 2 heterocycles. The lowest BCUT2D eigenvalue weighted by Gasteiger charge is -2.36. The molecule has 1 unspecified atom stereocenters. The number of amides is 1. The number of aliphatic hydroxyl groups excluding tert-OH is 1. The topological polar surface area (TPSA) is 40.5 Å². The fourth-order valence-corrected chi connectivity index (χ4v) is 3.86.